The number of nitrogens with zero attached hydrogens (tertiary/aromatic N) is 4. The first-order valence-electron chi connectivity index (χ1n) is 5.80. The zero-order valence-electron chi connectivity index (χ0n) is 10.4. The van der Waals surface area contributed by atoms with E-state index in [1.54, 1.807) is 0 Å². The van der Waals surface area contributed by atoms with Crippen molar-refractivity contribution in [2.45, 2.75) is 26.8 Å². The van der Waals surface area contributed by atoms with Gasteiger partial charge in [-0.1, -0.05) is 6.92 Å². The van der Waals surface area contributed by atoms with E-state index in [0.29, 0.717) is 0 Å². The zero-order valence-corrected chi connectivity index (χ0v) is 10.4. The molecule has 17 heavy (non-hydrogen) atoms. The Morgan fingerprint density at radius 2 is 2.18 bits per heavy atom. The molecule has 2 rings (SSSR count). The van der Waals surface area contributed by atoms with Crippen molar-refractivity contribution < 1.29 is 0 Å². The molecule has 5 heteroatoms. The molecule has 0 aliphatic carbocycles. The average molecular weight is 231 g/mol. The minimum Gasteiger partial charge on any atom is -0.373 e. The summed E-state index contributed by atoms with van der Waals surface area (Å²) in [5.74, 6) is 1.59. The molecule has 0 spiro atoms. The van der Waals surface area contributed by atoms with Gasteiger partial charge in [0.2, 0.25) is 0 Å². The molecule has 2 aromatic heterocycles. The number of hydrogen-bond acceptors (Lipinski definition) is 4. The maximum absolute atomic E-state index is 4.46. The first-order chi connectivity index (χ1) is 8.24. The van der Waals surface area contributed by atoms with Crippen LogP contribution in [0.5, 0.6) is 0 Å². The summed E-state index contributed by atoms with van der Waals surface area (Å²) in [6.07, 6.45) is 2.86. The fourth-order valence-corrected chi connectivity index (χ4v) is 1.77. The smallest absolute Gasteiger partial charge is 0.130 e. The monoisotopic (exact) mass is 231 g/mol. The molecule has 0 bridgehead atoms. The number of aryl methyl sites for hydroxylation is 2. The van der Waals surface area contributed by atoms with Gasteiger partial charge >= 0.3 is 0 Å². The van der Waals surface area contributed by atoms with Gasteiger partial charge in [0.25, 0.3) is 0 Å². The normalized spacial score (nSPS) is 10.5. The highest BCUT2D eigenvalue weighted by atomic mass is 15.3. The SMILES string of the molecule is CCCn1nccc1-c1cc(NC)nc(C)n1. The Kier molecular flexibility index (Phi) is 3.37. The average Bonchev–Trinajstić information content (AvgIpc) is 2.77. The Balaban J connectivity index is 2.44. The highest BCUT2D eigenvalue weighted by Gasteiger charge is 2.08. The molecule has 0 aliphatic heterocycles. The summed E-state index contributed by atoms with van der Waals surface area (Å²) >= 11 is 0. The Bertz CT molecular complexity index is 503. The first-order valence-corrected chi connectivity index (χ1v) is 5.80. The summed E-state index contributed by atoms with van der Waals surface area (Å²) in [6, 6.07) is 3.92. The lowest BCUT2D eigenvalue weighted by Crippen LogP contribution is -2.04. The van der Waals surface area contributed by atoms with Crippen LogP contribution in [0.2, 0.25) is 0 Å². The van der Waals surface area contributed by atoms with Crippen LogP contribution in [-0.2, 0) is 6.54 Å². The number of rotatable bonds is 4. The van der Waals surface area contributed by atoms with Crippen LogP contribution >= 0.6 is 0 Å². The summed E-state index contributed by atoms with van der Waals surface area (Å²) in [6.45, 7) is 4.93. The van der Waals surface area contributed by atoms with Gasteiger partial charge in [-0.15, -0.1) is 0 Å². The van der Waals surface area contributed by atoms with Crippen LogP contribution in [0.1, 0.15) is 19.2 Å². The third-order valence-corrected chi connectivity index (χ3v) is 2.51. The second-order valence-electron chi connectivity index (χ2n) is 3.88. The first kappa shape index (κ1) is 11.6. The highest BCUT2D eigenvalue weighted by molar-refractivity contribution is 5.58. The van der Waals surface area contributed by atoms with Crippen LogP contribution in [0.25, 0.3) is 11.4 Å². The maximum Gasteiger partial charge on any atom is 0.130 e. The molecular formula is C12H17N5. The summed E-state index contributed by atoms with van der Waals surface area (Å²) in [5, 5.41) is 7.34. The number of aromatic nitrogens is 4. The largest absolute Gasteiger partial charge is 0.373 e. The Morgan fingerprint density at radius 3 is 2.88 bits per heavy atom. The lowest BCUT2D eigenvalue weighted by molar-refractivity contribution is 0.608. The number of anilines is 1. The van der Waals surface area contributed by atoms with Gasteiger partial charge in [-0.05, 0) is 19.4 Å². The molecular weight excluding hydrogens is 214 g/mol. The van der Waals surface area contributed by atoms with Crippen molar-refractivity contribution in [3.05, 3.63) is 24.2 Å². The quantitative estimate of drug-likeness (QED) is 0.875. The van der Waals surface area contributed by atoms with Gasteiger partial charge in [0, 0.05) is 25.9 Å². The zero-order chi connectivity index (χ0) is 12.3. The van der Waals surface area contributed by atoms with E-state index in [4.69, 9.17) is 0 Å². The van der Waals surface area contributed by atoms with E-state index in [0.717, 1.165) is 36.0 Å². The molecule has 0 saturated carbocycles. The van der Waals surface area contributed by atoms with E-state index in [-0.39, 0.29) is 0 Å². The van der Waals surface area contributed by atoms with Crippen molar-refractivity contribution in [3.8, 4) is 11.4 Å². The standard InChI is InChI=1S/C12H17N5/c1-4-7-17-11(5-6-14-17)10-8-12(13-3)16-9(2)15-10/h5-6,8H,4,7H2,1-3H3,(H,13,15,16). The van der Waals surface area contributed by atoms with E-state index in [1.165, 1.54) is 0 Å². The van der Waals surface area contributed by atoms with E-state index in [1.807, 2.05) is 37.0 Å². The molecule has 2 aromatic rings. The highest BCUT2D eigenvalue weighted by Crippen LogP contribution is 2.19. The topological polar surface area (TPSA) is 55.6 Å². The van der Waals surface area contributed by atoms with Crippen LogP contribution < -0.4 is 5.32 Å². The Morgan fingerprint density at radius 1 is 1.35 bits per heavy atom. The third-order valence-electron chi connectivity index (χ3n) is 2.51. The Hall–Kier alpha value is -1.91. The van der Waals surface area contributed by atoms with Crippen molar-refractivity contribution >= 4 is 5.82 Å². The van der Waals surface area contributed by atoms with E-state index >= 15 is 0 Å². The van der Waals surface area contributed by atoms with Gasteiger partial charge in [-0.3, -0.25) is 4.68 Å². The molecule has 0 fully saturated rings. The van der Waals surface area contributed by atoms with Crippen LogP contribution in [-0.4, -0.2) is 26.8 Å². The van der Waals surface area contributed by atoms with Crippen molar-refractivity contribution in [2.75, 3.05) is 12.4 Å². The lowest BCUT2D eigenvalue weighted by Gasteiger charge is -2.08. The summed E-state index contributed by atoms with van der Waals surface area (Å²) in [5.41, 5.74) is 1.95. The summed E-state index contributed by atoms with van der Waals surface area (Å²) in [7, 11) is 1.86. The van der Waals surface area contributed by atoms with E-state index < -0.39 is 0 Å². The van der Waals surface area contributed by atoms with Crippen LogP contribution in [0.15, 0.2) is 18.3 Å². The molecule has 1 N–H and O–H groups in total. The summed E-state index contributed by atoms with van der Waals surface area (Å²) < 4.78 is 1.97. The van der Waals surface area contributed by atoms with Gasteiger partial charge < -0.3 is 5.32 Å². The molecule has 2 heterocycles. The second-order valence-corrected chi connectivity index (χ2v) is 3.88. The van der Waals surface area contributed by atoms with Gasteiger partial charge in [0.1, 0.15) is 11.6 Å². The van der Waals surface area contributed by atoms with Crippen molar-refractivity contribution in [3.63, 3.8) is 0 Å². The fourth-order valence-electron chi connectivity index (χ4n) is 1.77. The van der Waals surface area contributed by atoms with Crippen LogP contribution in [0.4, 0.5) is 5.82 Å². The molecule has 0 amide bonds. The predicted molar refractivity (Wildman–Crippen MR) is 67.8 cm³/mol. The van der Waals surface area contributed by atoms with Gasteiger partial charge in [0.15, 0.2) is 0 Å². The molecule has 5 nitrogen and oxygen atoms in total. The van der Waals surface area contributed by atoms with Crippen molar-refractivity contribution in [1.29, 1.82) is 0 Å². The predicted octanol–water partition coefficient (Wildman–Crippen LogP) is 2.10. The Labute approximate surface area is 101 Å². The molecule has 0 atom stereocenters. The number of nitrogens with one attached hydrogen (secondary N) is 1. The summed E-state index contributed by atoms with van der Waals surface area (Å²) in [4.78, 5) is 8.74. The number of hydrogen-bond donors (Lipinski definition) is 1. The van der Waals surface area contributed by atoms with Crippen molar-refractivity contribution in [2.24, 2.45) is 0 Å². The minimum absolute atomic E-state index is 0.760. The molecule has 0 unspecified atom stereocenters. The fraction of sp³-hybridized carbons (Fsp3) is 0.417. The molecule has 0 aromatic carbocycles. The lowest BCUT2D eigenvalue weighted by atomic mass is 10.2. The van der Waals surface area contributed by atoms with Gasteiger partial charge in [-0.25, -0.2) is 9.97 Å². The second kappa shape index (κ2) is 4.95. The molecule has 0 aliphatic rings. The minimum atomic E-state index is 0.760. The van der Waals surface area contributed by atoms with Crippen molar-refractivity contribution in [1.82, 2.24) is 19.7 Å². The third kappa shape index (κ3) is 2.43. The molecule has 90 valence electrons. The molecule has 0 radical (unpaired) electrons. The van der Waals surface area contributed by atoms with E-state index in [9.17, 15) is 0 Å². The van der Waals surface area contributed by atoms with Gasteiger partial charge in [-0.2, -0.15) is 5.10 Å². The van der Waals surface area contributed by atoms with Gasteiger partial charge in [0.05, 0.1) is 11.4 Å². The molecule has 0 saturated heterocycles. The van der Waals surface area contributed by atoms with Crippen LogP contribution in [0, 0.1) is 6.92 Å². The maximum atomic E-state index is 4.46. The van der Waals surface area contributed by atoms with E-state index in [2.05, 4.69) is 27.3 Å². The van der Waals surface area contributed by atoms with Crippen LogP contribution in [0.3, 0.4) is 0 Å².